The van der Waals surface area contributed by atoms with Gasteiger partial charge in [0.1, 0.15) is 22.6 Å². The van der Waals surface area contributed by atoms with Gasteiger partial charge < -0.3 is 5.32 Å². The lowest BCUT2D eigenvalue weighted by Crippen LogP contribution is -2.11. The summed E-state index contributed by atoms with van der Waals surface area (Å²) in [5.74, 6) is 1.31. The minimum atomic E-state index is -0.258. The predicted molar refractivity (Wildman–Crippen MR) is 83.1 cm³/mol. The Balaban J connectivity index is 1.75. The van der Waals surface area contributed by atoms with Crippen LogP contribution in [-0.2, 0) is 0 Å². The summed E-state index contributed by atoms with van der Waals surface area (Å²) in [6.45, 7) is 1.89. The highest BCUT2D eigenvalue weighted by Gasteiger charge is 2.09. The maximum absolute atomic E-state index is 12.1. The van der Waals surface area contributed by atoms with E-state index in [0.717, 1.165) is 11.6 Å². The lowest BCUT2D eigenvalue weighted by atomic mass is 10.3. The number of anilines is 1. The summed E-state index contributed by atoms with van der Waals surface area (Å²) in [5, 5.41) is 13.2. The average molecular weight is 309 g/mol. The lowest BCUT2D eigenvalue weighted by Gasteiger charge is -2.06. The topological polar surface area (TPSA) is 83.6 Å². The highest BCUT2D eigenvalue weighted by atomic mass is 32.1. The Bertz CT molecular complexity index is 857. The molecular formula is C15H11N5OS. The molecule has 0 bridgehead atoms. The summed E-state index contributed by atoms with van der Waals surface area (Å²) in [6.07, 6.45) is 5.12. The smallest absolute Gasteiger partial charge is 0.256 e. The van der Waals surface area contributed by atoms with Crippen molar-refractivity contribution in [3.63, 3.8) is 0 Å². The second-order valence-corrected chi connectivity index (χ2v) is 5.43. The van der Waals surface area contributed by atoms with Crippen LogP contribution in [0, 0.1) is 18.3 Å². The molecule has 0 fully saturated rings. The molecule has 1 amide bonds. The van der Waals surface area contributed by atoms with Crippen LogP contribution in [0.5, 0.6) is 0 Å². The fourth-order valence-corrected chi connectivity index (χ4v) is 2.62. The van der Waals surface area contributed by atoms with Gasteiger partial charge in [-0.15, -0.1) is 11.3 Å². The molecular weight excluding hydrogens is 298 g/mol. The minimum absolute atomic E-state index is 0.258. The number of aromatic nitrogens is 3. The number of nitriles is 1. The van der Waals surface area contributed by atoms with E-state index in [4.69, 9.17) is 5.26 Å². The normalized spacial score (nSPS) is 10.2. The van der Waals surface area contributed by atoms with Gasteiger partial charge in [0.2, 0.25) is 0 Å². The largest absolute Gasteiger partial charge is 0.321 e. The van der Waals surface area contributed by atoms with Gasteiger partial charge in [-0.05, 0) is 25.1 Å². The summed E-state index contributed by atoms with van der Waals surface area (Å²) in [4.78, 5) is 21.0. The third-order valence-corrected chi connectivity index (χ3v) is 3.88. The Hall–Kier alpha value is -2.98. The molecule has 0 aliphatic heterocycles. The number of carbonyl (C=O) groups is 1. The first-order chi connectivity index (χ1) is 10.7. The van der Waals surface area contributed by atoms with E-state index in [2.05, 4.69) is 15.3 Å². The van der Waals surface area contributed by atoms with Crippen molar-refractivity contribution in [1.82, 2.24) is 14.5 Å². The maximum Gasteiger partial charge on any atom is 0.256 e. The Morgan fingerprint density at radius 1 is 1.41 bits per heavy atom. The second-order valence-electron chi connectivity index (χ2n) is 4.52. The fourth-order valence-electron chi connectivity index (χ4n) is 1.94. The zero-order valence-corrected chi connectivity index (χ0v) is 12.5. The van der Waals surface area contributed by atoms with Crippen molar-refractivity contribution in [3.05, 3.63) is 58.4 Å². The Morgan fingerprint density at radius 2 is 2.27 bits per heavy atom. The molecule has 3 aromatic rings. The molecule has 108 valence electrons. The number of hydrogen-bond donors (Lipinski definition) is 1. The van der Waals surface area contributed by atoms with Crippen molar-refractivity contribution in [2.75, 3.05) is 5.32 Å². The minimum Gasteiger partial charge on any atom is -0.321 e. The fraction of sp³-hybridized carbons (Fsp3) is 0.0667. The molecule has 6 nitrogen and oxygen atoms in total. The molecule has 3 rings (SSSR count). The van der Waals surface area contributed by atoms with E-state index in [1.165, 1.54) is 11.3 Å². The summed E-state index contributed by atoms with van der Waals surface area (Å²) >= 11 is 1.24. The van der Waals surface area contributed by atoms with Crippen molar-refractivity contribution in [2.45, 2.75) is 6.92 Å². The number of aryl methyl sites for hydroxylation is 1. The predicted octanol–water partition coefficient (Wildman–Crippen LogP) is 2.76. The first-order valence-electron chi connectivity index (χ1n) is 6.44. The standard InChI is InChI=1S/C15H11N5OS/c1-10-17-4-5-20(10)14-3-2-12(8-18-14)19-15(21)11-6-13(7-16)22-9-11/h2-6,8-9H,1H3,(H,19,21). The third kappa shape index (κ3) is 2.73. The Kier molecular flexibility index (Phi) is 3.68. The SMILES string of the molecule is Cc1nccn1-c1ccc(NC(=O)c2csc(C#N)c2)cn1. The van der Waals surface area contributed by atoms with Gasteiger partial charge in [0, 0.05) is 17.8 Å². The van der Waals surface area contributed by atoms with Crippen LogP contribution in [0.1, 0.15) is 21.1 Å². The van der Waals surface area contributed by atoms with E-state index in [-0.39, 0.29) is 5.91 Å². The molecule has 22 heavy (non-hydrogen) atoms. The van der Waals surface area contributed by atoms with Gasteiger partial charge in [0.25, 0.3) is 5.91 Å². The molecule has 0 aliphatic carbocycles. The van der Waals surface area contributed by atoms with Crippen LogP contribution in [0.3, 0.4) is 0 Å². The number of hydrogen-bond acceptors (Lipinski definition) is 5. The Morgan fingerprint density at radius 3 is 2.86 bits per heavy atom. The number of imidazole rings is 1. The van der Waals surface area contributed by atoms with Gasteiger partial charge in [0.05, 0.1) is 17.4 Å². The van der Waals surface area contributed by atoms with E-state index in [1.54, 1.807) is 36.0 Å². The molecule has 0 saturated heterocycles. The van der Waals surface area contributed by atoms with Gasteiger partial charge in [-0.1, -0.05) is 0 Å². The van der Waals surface area contributed by atoms with E-state index in [1.807, 2.05) is 23.8 Å². The quantitative estimate of drug-likeness (QED) is 0.806. The van der Waals surface area contributed by atoms with Crippen molar-refractivity contribution < 1.29 is 4.79 Å². The molecule has 0 atom stereocenters. The number of thiophene rings is 1. The highest BCUT2D eigenvalue weighted by Crippen LogP contribution is 2.16. The zero-order valence-electron chi connectivity index (χ0n) is 11.6. The first-order valence-corrected chi connectivity index (χ1v) is 7.31. The number of carbonyl (C=O) groups excluding carboxylic acids is 1. The monoisotopic (exact) mass is 309 g/mol. The summed E-state index contributed by atoms with van der Waals surface area (Å²) in [5.41, 5.74) is 1.06. The molecule has 7 heteroatoms. The second kappa shape index (κ2) is 5.79. The number of rotatable bonds is 3. The van der Waals surface area contributed by atoms with Crippen molar-refractivity contribution >= 4 is 22.9 Å². The molecule has 3 heterocycles. The Labute approximate surface area is 130 Å². The van der Waals surface area contributed by atoms with Crippen LogP contribution < -0.4 is 5.32 Å². The molecule has 1 N–H and O–H groups in total. The average Bonchev–Trinajstić information content (AvgIpc) is 3.17. The van der Waals surface area contributed by atoms with Crippen molar-refractivity contribution in [1.29, 1.82) is 5.26 Å². The first kappa shape index (κ1) is 14.0. The highest BCUT2D eigenvalue weighted by molar-refractivity contribution is 7.10. The molecule has 0 radical (unpaired) electrons. The van der Waals surface area contributed by atoms with Gasteiger partial charge in [-0.3, -0.25) is 9.36 Å². The summed E-state index contributed by atoms with van der Waals surface area (Å²) < 4.78 is 1.85. The van der Waals surface area contributed by atoms with Crippen molar-refractivity contribution in [2.24, 2.45) is 0 Å². The third-order valence-electron chi connectivity index (χ3n) is 3.05. The molecule has 0 unspecified atom stereocenters. The van der Waals surface area contributed by atoms with Crippen molar-refractivity contribution in [3.8, 4) is 11.9 Å². The molecule has 0 aromatic carbocycles. The summed E-state index contributed by atoms with van der Waals surface area (Å²) in [6, 6.07) is 7.16. The molecule has 0 spiro atoms. The van der Waals surface area contributed by atoms with Crippen LogP contribution >= 0.6 is 11.3 Å². The number of nitrogens with zero attached hydrogens (tertiary/aromatic N) is 4. The van der Waals surface area contributed by atoms with E-state index >= 15 is 0 Å². The maximum atomic E-state index is 12.1. The number of amides is 1. The zero-order chi connectivity index (χ0) is 15.5. The van der Waals surface area contributed by atoms with E-state index in [9.17, 15) is 4.79 Å². The number of pyridine rings is 1. The lowest BCUT2D eigenvalue weighted by molar-refractivity contribution is 0.102. The van der Waals surface area contributed by atoms with Crippen LogP contribution in [0.4, 0.5) is 5.69 Å². The molecule has 3 aromatic heterocycles. The van der Waals surface area contributed by atoms with Crippen LogP contribution in [0.2, 0.25) is 0 Å². The molecule has 0 aliphatic rings. The van der Waals surface area contributed by atoms with Gasteiger partial charge in [-0.2, -0.15) is 5.26 Å². The number of nitrogens with one attached hydrogen (secondary N) is 1. The van der Waals surface area contributed by atoms with Gasteiger partial charge in [-0.25, -0.2) is 9.97 Å². The van der Waals surface area contributed by atoms with E-state index in [0.29, 0.717) is 16.1 Å². The van der Waals surface area contributed by atoms with Crippen LogP contribution in [0.15, 0.2) is 42.2 Å². The van der Waals surface area contributed by atoms with Crippen LogP contribution in [0.25, 0.3) is 5.82 Å². The van der Waals surface area contributed by atoms with Crippen LogP contribution in [-0.4, -0.2) is 20.4 Å². The van der Waals surface area contributed by atoms with Gasteiger partial charge in [0.15, 0.2) is 0 Å². The molecule has 0 saturated carbocycles. The summed E-state index contributed by atoms with van der Waals surface area (Å²) in [7, 11) is 0. The van der Waals surface area contributed by atoms with E-state index < -0.39 is 0 Å². The van der Waals surface area contributed by atoms with Gasteiger partial charge >= 0.3 is 0 Å².